The molecule has 2 amide bonds. The van der Waals surface area contributed by atoms with Crippen molar-refractivity contribution in [1.29, 1.82) is 0 Å². The zero-order valence-electron chi connectivity index (χ0n) is 10.3. The summed E-state index contributed by atoms with van der Waals surface area (Å²) in [6.45, 7) is 5.43. The van der Waals surface area contributed by atoms with Gasteiger partial charge in [0.2, 0.25) is 0 Å². The van der Waals surface area contributed by atoms with Gasteiger partial charge in [-0.25, -0.2) is 4.79 Å². The van der Waals surface area contributed by atoms with Crippen LogP contribution in [0.1, 0.15) is 13.8 Å². The van der Waals surface area contributed by atoms with Crippen LogP contribution in [0.15, 0.2) is 0 Å². The Bertz CT molecular complexity index is 186. The average Bonchev–Trinajstić information content (AvgIpc) is 2.22. The number of rotatable bonds is 6. The molecule has 2 unspecified atom stereocenters. The van der Waals surface area contributed by atoms with Crippen LogP contribution in [0, 0.1) is 0 Å². The predicted octanol–water partition coefficient (Wildman–Crippen LogP) is 0.271. The lowest BCUT2D eigenvalue weighted by molar-refractivity contribution is 0.0890. The minimum atomic E-state index is -0.0655. The molecule has 0 radical (unpaired) electrons. The second-order valence-corrected chi connectivity index (χ2v) is 3.81. The largest absolute Gasteiger partial charge is 0.380 e. The third kappa shape index (κ3) is 6.30. The summed E-state index contributed by atoms with van der Waals surface area (Å²) in [6, 6.07) is 0.218. The Morgan fingerprint density at radius 2 is 1.93 bits per heavy atom. The highest BCUT2D eigenvalue weighted by Gasteiger charge is 2.09. The Morgan fingerprint density at radius 3 is 2.40 bits per heavy atom. The highest BCUT2D eigenvalue weighted by atomic mass is 16.5. The molecule has 0 aromatic heterocycles. The van der Waals surface area contributed by atoms with Gasteiger partial charge >= 0.3 is 6.03 Å². The summed E-state index contributed by atoms with van der Waals surface area (Å²) in [5.41, 5.74) is 0. The van der Waals surface area contributed by atoms with E-state index in [1.54, 1.807) is 21.2 Å². The number of hydrogen-bond acceptors (Lipinski definition) is 3. The molecule has 0 aliphatic rings. The SMILES string of the molecule is COC(C)C(C)NCCNC(=O)N(C)C. The van der Waals surface area contributed by atoms with Gasteiger partial charge in [0.15, 0.2) is 0 Å². The van der Waals surface area contributed by atoms with E-state index < -0.39 is 0 Å². The first kappa shape index (κ1) is 14.2. The molecular weight excluding hydrogens is 194 g/mol. The number of amides is 2. The van der Waals surface area contributed by atoms with Gasteiger partial charge in [-0.1, -0.05) is 0 Å². The number of urea groups is 1. The van der Waals surface area contributed by atoms with Crippen molar-refractivity contribution in [3.63, 3.8) is 0 Å². The zero-order valence-corrected chi connectivity index (χ0v) is 10.3. The first-order valence-corrected chi connectivity index (χ1v) is 5.20. The van der Waals surface area contributed by atoms with Gasteiger partial charge in [0, 0.05) is 40.3 Å². The van der Waals surface area contributed by atoms with Crippen molar-refractivity contribution >= 4 is 6.03 Å². The van der Waals surface area contributed by atoms with Gasteiger partial charge < -0.3 is 20.3 Å². The Labute approximate surface area is 92.2 Å². The van der Waals surface area contributed by atoms with Gasteiger partial charge in [0.1, 0.15) is 0 Å². The first-order valence-electron chi connectivity index (χ1n) is 5.20. The van der Waals surface area contributed by atoms with Crippen molar-refractivity contribution < 1.29 is 9.53 Å². The Hall–Kier alpha value is -0.810. The van der Waals surface area contributed by atoms with E-state index in [1.807, 2.05) is 6.92 Å². The molecule has 0 saturated carbocycles. The molecule has 0 rings (SSSR count). The fourth-order valence-electron chi connectivity index (χ4n) is 0.997. The topological polar surface area (TPSA) is 53.6 Å². The molecule has 0 aromatic carbocycles. The zero-order chi connectivity index (χ0) is 11.8. The van der Waals surface area contributed by atoms with E-state index in [4.69, 9.17) is 4.74 Å². The number of nitrogens with one attached hydrogen (secondary N) is 2. The van der Waals surface area contributed by atoms with Crippen LogP contribution < -0.4 is 10.6 Å². The Morgan fingerprint density at radius 1 is 1.33 bits per heavy atom. The molecule has 5 nitrogen and oxygen atoms in total. The van der Waals surface area contributed by atoms with Crippen LogP contribution in [0.2, 0.25) is 0 Å². The standard InChI is InChI=1S/C10H23N3O2/c1-8(9(2)15-5)11-6-7-12-10(14)13(3)4/h8-9,11H,6-7H2,1-5H3,(H,12,14). The van der Waals surface area contributed by atoms with E-state index in [1.165, 1.54) is 4.90 Å². The summed E-state index contributed by atoms with van der Waals surface area (Å²) in [5, 5.41) is 6.05. The molecule has 0 aliphatic carbocycles. The maximum atomic E-state index is 11.1. The van der Waals surface area contributed by atoms with Gasteiger partial charge in [-0.15, -0.1) is 0 Å². The second kappa shape index (κ2) is 7.48. The Kier molecular flexibility index (Phi) is 7.07. The molecule has 2 atom stereocenters. The fraction of sp³-hybridized carbons (Fsp3) is 0.900. The molecule has 0 aliphatic heterocycles. The van der Waals surface area contributed by atoms with E-state index in [2.05, 4.69) is 17.6 Å². The van der Waals surface area contributed by atoms with Crippen LogP contribution in [0.4, 0.5) is 4.79 Å². The summed E-state index contributed by atoms with van der Waals surface area (Å²) >= 11 is 0. The first-order chi connectivity index (χ1) is 6.99. The molecule has 0 spiro atoms. The van der Waals surface area contributed by atoms with Crippen molar-refractivity contribution in [3.8, 4) is 0 Å². The molecule has 0 bridgehead atoms. The smallest absolute Gasteiger partial charge is 0.316 e. The predicted molar refractivity (Wildman–Crippen MR) is 61.0 cm³/mol. The average molecular weight is 217 g/mol. The van der Waals surface area contributed by atoms with Crippen molar-refractivity contribution in [3.05, 3.63) is 0 Å². The third-order valence-electron chi connectivity index (χ3n) is 2.35. The lowest BCUT2D eigenvalue weighted by atomic mass is 10.2. The summed E-state index contributed by atoms with van der Waals surface area (Å²) in [4.78, 5) is 12.7. The second-order valence-electron chi connectivity index (χ2n) is 3.81. The van der Waals surface area contributed by atoms with Gasteiger partial charge in [-0.3, -0.25) is 0 Å². The minimum absolute atomic E-state index is 0.0655. The summed E-state index contributed by atoms with van der Waals surface area (Å²) in [6.07, 6.45) is 0.176. The number of carbonyl (C=O) groups excluding carboxylic acids is 1. The molecule has 5 heteroatoms. The molecule has 0 aromatic rings. The summed E-state index contributed by atoms with van der Waals surface area (Å²) in [5.74, 6) is 0. The normalized spacial score (nSPS) is 14.5. The maximum Gasteiger partial charge on any atom is 0.316 e. The molecule has 0 heterocycles. The van der Waals surface area contributed by atoms with Gasteiger partial charge in [0.05, 0.1) is 6.10 Å². The fourth-order valence-corrected chi connectivity index (χ4v) is 0.997. The number of ether oxygens (including phenoxy) is 1. The summed E-state index contributed by atoms with van der Waals surface area (Å²) in [7, 11) is 5.13. The monoisotopic (exact) mass is 217 g/mol. The van der Waals surface area contributed by atoms with Crippen LogP contribution >= 0.6 is 0 Å². The van der Waals surface area contributed by atoms with E-state index in [9.17, 15) is 4.79 Å². The number of methoxy groups -OCH3 is 1. The van der Waals surface area contributed by atoms with E-state index in [-0.39, 0.29) is 18.2 Å². The van der Waals surface area contributed by atoms with Crippen LogP contribution in [0.3, 0.4) is 0 Å². The van der Waals surface area contributed by atoms with Crippen LogP contribution in [-0.2, 0) is 4.74 Å². The maximum absolute atomic E-state index is 11.1. The molecule has 90 valence electrons. The van der Waals surface area contributed by atoms with Crippen molar-refractivity contribution in [2.45, 2.75) is 26.0 Å². The van der Waals surface area contributed by atoms with Crippen molar-refractivity contribution in [1.82, 2.24) is 15.5 Å². The highest BCUT2D eigenvalue weighted by Crippen LogP contribution is 1.94. The van der Waals surface area contributed by atoms with Gasteiger partial charge in [-0.05, 0) is 13.8 Å². The van der Waals surface area contributed by atoms with Crippen molar-refractivity contribution in [2.24, 2.45) is 0 Å². The van der Waals surface area contributed by atoms with E-state index in [0.717, 1.165) is 6.54 Å². The van der Waals surface area contributed by atoms with Gasteiger partial charge in [-0.2, -0.15) is 0 Å². The molecule has 0 saturated heterocycles. The number of nitrogens with zero attached hydrogens (tertiary/aromatic N) is 1. The molecule has 0 fully saturated rings. The van der Waals surface area contributed by atoms with Crippen molar-refractivity contribution in [2.75, 3.05) is 34.3 Å². The lowest BCUT2D eigenvalue weighted by Gasteiger charge is -2.20. The number of hydrogen-bond donors (Lipinski definition) is 2. The van der Waals surface area contributed by atoms with Crippen LogP contribution in [-0.4, -0.2) is 57.4 Å². The van der Waals surface area contributed by atoms with Crippen LogP contribution in [0.25, 0.3) is 0 Å². The van der Waals surface area contributed by atoms with Gasteiger partial charge in [0.25, 0.3) is 0 Å². The molecule has 15 heavy (non-hydrogen) atoms. The van der Waals surface area contributed by atoms with E-state index in [0.29, 0.717) is 6.54 Å². The Balaban J connectivity index is 3.50. The van der Waals surface area contributed by atoms with E-state index >= 15 is 0 Å². The molecular formula is C10H23N3O2. The van der Waals surface area contributed by atoms with Crippen LogP contribution in [0.5, 0.6) is 0 Å². The molecule has 2 N–H and O–H groups in total. The quantitative estimate of drug-likeness (QED) is 0.628. The summed E-state index contributed by atoms with van der Waals surface area (Å²) < 4.78 is 5.17. The third-order valence-corrected chi connectivity index (χ3v) is 2.35. The lowest BCUT2D eigenvalue weighted by Crippen LogP contribution is -2.43. The number of carbonyl (C=O) groups is 1. The minimum Gasteiger partial charge on any atom is -0.380 e. The highest BCUT2D eigenvalue weighted by molar-refractivity contribution is 5.73.